The molecular formula is C19H24N4O7. The fraction of sp³-hybridized carbons (Fsp3) is 0.579. The lowest BCUT2D eigenvalue weighted by molar-refractivity contribution is -0.206. The van der Waals surface area contributed by atoms with Crippen LogP contribution in [0, 0.1) is 0 Å². The molecule has 0 radical (unpaired) electrons. The largest absolute Gasteiger partial charge is 0.497 e. The van der Waals surface area contributed by atoms with Crippen LogP contribution < -0.4 is 4.74 Å². The van der Waals surface area contributed by atoms with Gasteiger partial charge in [-0.3, -0.25) is 4.79 Å². The first-order valence-electron chi connectivity index (χ1n) is 9.26. The highest BCUT2D eigenvalue weighted by Gasteiger charge is 2.78. The molecule has 3 rings (SSSR count). The second-order valence-electron chi connectivity index (χ2n) is 7.60. The number of methoxy groups -OCH3 is 1. The second kappa shape index (κ2) is 7.44. The highest BCUT2D eigenvalue weighted by Crippen LogP contribution is 2.55. The maximum absolute atomic E-state index is 11.5. The number of rotatable bonds is 5. The summed E-state index contributed by atoms with van der Waals surface area (Å²) in [4.78, 5) is 18.6. The zero-order valence-electron chi connectivity index (χ0n) is 17.0. The van der Waals surface area contributed by atoms with Crippen molar-refractivity contribution in [3.63, 3.8) is 0 Å². The number of esters is 1. The zero-order chi connectivity index (χ0) is 22.3. The van der Waals surface area contributed by atoms with Crippen molar-refractivity contribution in [1.29, 1.82) is 0 Å². The number of aliphatic hydroxyl groups excluding tert-OH is 1. The second-order valence-corrected chi connectivity index (χ2v) is 7.60. The van der Waals surface area contributed by atoms with Gasteiger partial charge in [0, 0.05) is 17.4 Å². The zero-order valence-corrected chi connectivity index (χ0v) is 17.0. The number of hydrogen-bond donors (Lipinski definition) is 3. The van der Waals surface area contributed by atoms with E-state index in [1.807, 2.05) is 0 Å². The van der Waals surface area contributed by atoms with E-state index in [9.17, 15) is 20.1 Å². The summed E-state index contributed by atoms with van der Waals surface area (Å²) in [5, 5.41) is 37.1. The average Bonchev–Trinajstić information content (AvgIpc) is 3.12. The maximum Gasteiger partial charge on any atom is 0.302 e. The average molecular weight is 420 g/mol. The van der Waals surface area contributed by atoms with Crippen LogP contribution in [-0.2, 0) is 14.3 Å². The molecule has 0 amide bonds. The summed E-state index contributed by atoms with van der Waals surface area (Å²) >= 11 is 0. The molecule has 162 valence electrons. The Morgan fingerprint density at radius 2 is 2.00 bits per heavy atom. The normalized spacial score (nSPS) is 37.3. The van der Waals surface area contributed by atoms with E-state index in [-0.39, 0.29) is 5.90 Å². The molecule has 1 aromatic carbocycles. The molecular weight excluding hydrogens is 396 g/mol. The Kier molecular flexibility index (Phi) is 5.42. The third-order valence-electron chi connectivity index (χ3n) is 6.07. The predicted molar refractivity (Wildman–Crippen MR) is 104 cm³/mol. The van der Waals surface area contributed by atoms with Crippen molar-refractivity contribution in [3.8, 4) is 5.75 Å². The Labute approximate surface area is 172 Å². The molecule has 2 aliphatic rings. The van der Waals surface area contributed by atoms with E-state index in [1.165, 1.54) is 14.0 Å². The van der Waals surface area contributed by atoms with Crippen molar-refractivity contribution in [2.24, 2.45) is 10.1 Å². The van der Waals surface area contributed by atoms with Crippen LogP contribution in [0.3, 0.4) is 0 Å². The van der Waals surface area contributed by atoms with E-state index in [2.05, 4.69) is 15.0 Å². The molecule has 1 saturated carbocycles. The molecule has 0 aromatic heterocycles. The van der Waals surface area contributed by atoms with Gasteiger partial charge < -0.3 is 29.5 Å². The lowest BCUT2D eigenvalue weighted by atomic mass is 9.74. The first-order chi connectivity index (χ1) is 14.0. The van der Waals surface area contributed by atoms with Gasteiger partial charge in [-0.2, -0.15) is 0 Å². The molecule has 1 spiro atoms. The molecule has 11 nitrogen and oxygen atoms in total. The number of hydrogen-bond acceptors (Lipinski definition) is 9. The molecule has 6 atom stereocenters. The molecule has 0 saturated heterocycles. The van der Waals surface area contributed by atoms with Gasteiger partial charge in [0.25, 0.3) is 0 Å². The van der Waals surface area contributed by atoms with E-state index in [4.69, 9.17) is 19.7 Å². The fourth-order valence-corrected chi connectivity index (χ4v) is 4.29. The number of aliphatic imine (C=N–C) groups is 1. The summed E-state index contributed by atoms with van der Waals surface area (Å²) in [5.41, 5.74) is 3.32. The van der Waals surface area contributed by atoms with E-state index >= 15 is 0 Å². The monoisotopic (exact) mass is 420 g/mol. The summed E-state index contributed by atoms with van der Waals surface area (Å²) in [7, 11) is 1.53. The first kappa shape index (κ1) is 21.8. The van der Waals surface area contributed by atoms with E-state index < -0.39 is 47.6 Å². The van der Waals surface area contributed by atoms with Crippen LogP contribution in [0.15, 0.2) is 34.4 Å². The predicted octanol–water partition coefficient (Wildman–Crippen LogP) is 0.698. The number of carbonyl (C=O) groups is 1. The van der Waals surface area contributed by atoms with Crippen molar-refractivity contribution >= 4 is 11.9 Å². The number of benzene rings is 1. The summed E-state index contributed by atoms with van der Waals surface area (Å²) in [5.74, 6) is 0.0319. The highest BCUT2D eigenvalue weighted by molar-refractivity contribution is 5.96. The molecule has 1 aliphatic heterocycles. The number of carbonyl (C=O) groups excluding carboxylic acids is 1. The van der Waals surface area contributed by atoms with Gasteiger partial charge in [0.15, 0.2) is 5.60 Å². The lowest BCUT2D eigenvalue weighted by Gasteiger charge is -2.43. The quantitative estimate of drug-likeness (QED) is 0.273. The Morgan fingerprint density at radius 1 is 1.37 bits per heavy atom. The Bertz CT molecular complexity index is 912. The number of nitrogens with zero attached hydrogens (tertiary/aromatic N) is 4. The van der Waals surface area contributed by atoms with Crippen LogP contribution in [0.1, 0.15) is 26.3 Å². The summed E-state index contributed by atoms with van der Waals surface area (Å²) in [6, 6.07) is 5.37. The molecule has 30 heavy (non-hydrogen) atoms. The standard InChI is InChI=1S/C19H24N4O7/c1-10-19(21-16(30-10)12-5-7-13(28-4)8-6-12)14(22-23-20)15(25)18(27,17(19,3)26)9-29-11(2)24/h5-8,10,14-15,25-27H,9H2,1-4H3/t10-,14-,15-,17-,18+,19-/m0/s1. The summed E-state index contributed by atoms with van der Waals surface area (Å²) in [6.07, 6.45) is -2.69. The molecule has 1 aliphatic carbocycles. The van der Waals surface area contributed by atoms with E-state index in [0.717, 1.165) is 6.92 Å². The SMILES string of the molecule is COc1ccc(C2=N[C@@]3([C@H](C)O2)[C@@H](N=[N+]=[N-])[C@H](O)[C@](O)(COC(C)=O)[C@]3(C)O)cc1. The van der Waals surface area contributed by atoms with Crippen LogP contribution in [0.4, 0.5) is 0 Å². The Balaban J connectivity index is 2.14. The number of azide groups is 1. The van der Waals surface area contributed by atoms with Crippen molar-refractivity contribution in [2.75, 3.05) is 13.7 Å². The number of ether oxygens (including phenoxy) is 3. The fourth-order valence-electron chi connectivity index (χ4n) is 4.29. The van der Waals surface area contributed by atoms with Crippen molar-refractivity contribution < 1.29 is 34.3 Å². The smallest absolute Gasteiger partial charge is 0.302 e. The lowest BCUT2D eigenvalue weighted by Crippen LogP contribution is -2.66. The van der Waals surface area contributed by atoms with Crippen molar-refractivity contribution in [1.82, 2.24) is 0 Å². The molecule has 1 heterocycles. The Morgan fingerprint density at radius 3 is 2.53 bits per heavy atom. The Hall–Kier alpha value is -2.85. The third-order valence-corrected chi connectivity index (χ3v) is 6.07. The van der Waals surface area contributed by atoms with E-state index in [0.29, 0.717) is 11.3 Å². The van der Waals surface area contributed by atoms with Gasteiger partial charge in [-0.05, 0) is 43.6 Å². The summed E-state index contributed by atoms with van der Waals surface area (Å²) in [6.45, 7) is 3.22. The minimum Gasteiger partial charge on any atom is -0.497 e. The van der Waals surface area contributed by atoms with Gasteiger partial charge >= 0.3 is 5.97 Å². The van der Waals surface area contributed by atoms with Gasteiger partial charge in [-0.1, -0.05) is 5.11 Å². The van der Waals surface area contributed by atoms with Gasteiger partial charge in [-0.15, -0.1) is 0 Å². The molecule has 11 heteroatoms. The third kappa shape index (κ3) is 2.90. The first-order valence-corrected chi connectivity index (χ1v) is 9.26. The van der Waals surface area contributed by atoms with Crippen LogP contribution in [0.5, 0.6) is 5.75 Å². The number of aliphatic hydroxyl groups is 3. The van der Waals surface area contributed by atoms with E-state index in [1.54, 1.807) is 31.2 Å². The highest BCUT2D eigenvalue weighted by atomic mass is 16.6. The van der Waals surface area contributed by atoms with Crippen LogP contribution in [-0.4, -0.2) is 75.9 Å². The van der Waals surface area contributed by atoms with Crippen LogP contribution in [0.25, 0.3) is 10.4 Å². The van der Waals surface area contributed by atoms with Crippen LogP contribution >= 0.6 is 0 Å². The minimum atomic E-state index is -2.37. The molecule has 0 bridgehead atoms. The molecule has 1 fully saturated rings. The van der Waals surface area contributed by atoms with Crippen molar-refractivity contribution in [2.45, 2.75) is 55.8 Å². The molecule has 1 aromatic rings. The van der Waals surface area contributed by atoms with Gasteiger partial charge in [-0.25, -0.2) is 4.99 Å². The van der Waals surface area contributed by atoms with Crippen molar-refractivity contribution in [3.05, 3.63) is 40.3 Å². The van der Waals surface area contributed by atoms with Crippen LogP contribution in [0.2, 0.25) is 0 Å². The van der Waals surface area contributed by atoms with Gasteiger partial charge in [0.1, 0.15) is 35.7 Å². The molecule has 3 N–H and O–H groups in total. The molecule has 0 unspecified atom stereocenters. The minimum absolute atomic E-state index is 0.132. The maximum atomic E-state index is 11.5. The van der Waals surface area contributed by atoms with Gasteiger partial charge in [0.2, 0.25) is 5.90 Å². The van der Waals surface area contributed by atoms with Gasteiger partial charge in [0.05, 0.1) is 13.2 Å². The summed E-state index contributed by atoms with van der Waals surface area (Å²) < 4.78 is 15.9. The topological polar surface area (TPSA) is 167 Å².